The Bertz CT molecular complexity index is 2840. The number of ether oxygens (including phenoxy) is 2. The summed E-state index contributed by atoms with van der Waals surface area (Å²) in [6.45, 7) is 3.49. The Labute approximate surface area is 331 Å². The number of carbonyl (C=O) groups is 3. The first-order valence-electron chi connectivity index (χ1n) is 17.7. The van der Waals surface area contributed by atoms with Crippen LogP contribution < -0.4 is 9.47 Å². The van der Waals surface area contributed by atoms with Crippen LogP contribution in [0, 0.1) is 13.8 Å². The van der Waals surface area contributed by atoms with Crippen molar-refractivity contribution < 1.29 is 54.5 Å². The van der Waals surface area contributed by atoms with Crippen molar-refractivity contribution in [2.24, 2.45) is 0 Å². The van der Waals surface area contributed by atoms with Crippen LogP contribution in [0.4, 0.5) is 0 Å². The molecule has 11 heteroatoms. The van der Waals surface area contributed by atoms with E-state index in [2.05, 4.69) is 0 Å². The molecular formula is C47H36O11. The van der Waals surface area contributed by atoms with Crippen molar-refractivity contribution in [2.75, 3.05) is 0 Å². The van der Waals surface area contributed by atoms with Gasteiger partial charge in [0.15, 0.2) is 0 Å². The molecule has 0 amide bonds. The van der Waals surface area contributed by atoms with Crippen LogP contribution in [0.25, 0.3) is 32.3 Å². The summed E-state index contributed by atoms with van der Waals surface area (Å²) in [6.07, 6.45) is 0. The Balaban J connectivity index is 0.000000200. The number of aromatic hydroxyl groups is 5. The minimum Gasteiger partial charge on any atom is -0.508 e. The summed E-state index contributed by atoms with van der Waals surface area (Å²) in [5, 5.41) is 59.8. The highest BCUT2D eigenvalue weighted by atomic mass is 16.5. The Kier molecular flexibility index (Phi) is 11.7. The van der Waals surface area contributed by atoms with Crippen LogP contribution >= 0.6 is 0 Å². The SMILES string of the molecule is Cc1cc(O)ccc1O.Cc1cc(OC(=O)c2ccc3cc(O)ccc3c2)ccc1OC(=O)c1ccc2cc(O)ccc2c1.O=C(O)c1ccc2cc(O)ccc2c1. The third kappa shape index (κ3) is 9.78. The summed E-state index contributed by atoms with van der Waals surface area (Å²) >= 11 is 0. The monoisotopic (exact) mass is 776 g/mol. The molecule has 6 N–H and O–H groups in total. The van der Waals surface area contributed by atoms with Crippen LogP contribution in [0.3, 0.4) is 0 Å². The quantitative estimate of drug-likeness (QED) is 0.0554. The van der Waals surface area contributed by atoms with Gasteiger partial charge >= 0.3 is 17.9 Å². The predicted molar refractivity (Wildman–Crippen MR) is 219 cm³/mol. The van der Waals surface area contributed by atoms with Gasteiger partial charge in [0.1, 0.15) is 40.2 Å². The van der Waals surface area contributed by atoms with E-state index in [0.717, 1.165) is 32.3 Å². The van der Waals surface area contributed by atoms with Gasteiger partial charge in [-0.05, 0) is 166 Å². The van der Waals surface area contributed by atoms with E-state index in [4.69, 9.17) is 24.8 Å². The molecule has 8 aromatic carbocycles. The van der Waals surface area contributed by atoms with Crippen molar-refractivity contribution in [1.29, 1.82) is 0 Å². The van der Waals surface area contributed by atoms with Crippen molar-refractivity contribution >= 4 is 50.2 Å². The van der Waals surface area contributed by atoms with Crippen molar-refractivity contribution in [3.63, 3.8) is 0 Å². The third-order valence-electron chi connectivity index (χ3n) is 8.93. The molecule has 0 saturated carbocycles. The van der Waals surface area contributed by atoms with Gasteiger partial charge in [-0.2, -0.15) is 0 Å². The fraction of sp³-hybridized carbons (Fsp3) is 0.0426. The van der Waals surface area contributed by atoms with E-state index in [9.17, 15) is 29.7 Å². The second kappa shape index (κ2) is 17.2. The summed E-state index contributed by atoms with van der Waals surface area (Å²) in [4.78, 5) is 36.0. The molecule has 0 aliphatic heterocycles. The van der Waals surface area contributed by atoms with E-state index in [1.165, 1.54) is 30.3 Å². The van der Waals surface area contributed by atoms with E-state index in [0.29, 0.717) is 33.8 Å². The molecule has 58 heavy (non-hydrogen) atoms. The number of carboxylic acids is 1. The lowest BCUT2D eigenvalue weighted by atomic mass is 10.1. The number of carboxylic acid groups (broad SMARTS) is 1. The van der Waals surface area contributed by atoms with E-state index in [-0.39, 0.29) is 34.3 Å². The van der Waals surface area contributed by atoms with Gasteiger partial charge in [0.2, 0.25) is 0 Å². The second-order valence-corrected chi connectivity index (χ2v) is 13.2. The van der Waals surface area contributed by atoms with Crippen LogP contribution in [-0.2, 0) is 0 Å². The second-order valence-electron chi connectivity index (χ2n) is 13.2. The maximum absolute atomic E-state index is 12.7. The molecule has 8 rings (SSSR count). The maximum atomic E-state index is 12.7. The number of rotatable bonds is 5. The van der Waals surface area contributed by atoms with Crippen LogP contribution in [-0.4, -0.2) is 48.5 Å². The van der Waals surface area contributed by atoms with Gasteiger partial charge in [-0.15, -0.1) is 0 Å². The molecule has 0 aliphatic rings. The molecule has 0 radical (unpaired) electrons. The molecule has 0 saturated heterocycles. The zero-order valence-electron chi connectivity index (χ0n) is 31.1. The molecule has 290 valence electrons. The molecule has 0 aromatic heterocycles. The van der Waals surface area contributed by atoms with E-state index >= 15 is 0 Å². The van der Waals surface area contributed by atoms with Gasteiger partial charge in [0.05, 0.1) is 16.7 Å². The first-order valence-corrected chi connectivity index (χ1v) is 17.7. The predicted octanol–water partition coefficient (Wildman–Crippen LogP) is 9.80. The molecule has 0 heterocycles. The van der Waals surface area contributed by atoms with Crippen molar-refractivity contribution in [3.05, 3.63) is 173 Å². The number of phenols is 5. The molecule has 0 bridgehead atoms. The highest BCUT2D eigenvalue weighted by Gasteiger charge is 2.15. The summed E-state index contributed by atoms with van der Waals surface area (Å²) < 4.78 is 11.1. The van der Waals surface area contributed by atoms with Crippen LogP contribution in [0.15, 0.2) is 146 Å². The average molecular weight is 777 g/mol. The average Bonchev–Trinajstić information content (AvgIpc) is 3.20. The van der Waals surface area contributed by atoms with Crippen LogP contribution in [0.5, 0.6) is 40.2 Å². The Morgan fingerprint density at radius 1 is 0.397 bits per heavy atom. The molecular weight excluding hydrogens is 741 g/mol. The first kappa shape index (κ1) is 39.6. The minimum atomic E-state index is -0.944. The van der Waals surface area contributed by atoms with Crippen molar-refractivity contribution in [3.8, 4) is 40.2 Å². The third-order valence-corrected chi connectivity index (χ3v) is 8.93. The lowest BCUT2D eigenvalue weighted by Crippen LogP contribution is -2.10. The molecule has 0 aliphatic carbocycles. The topological polar surface area (TPSA) is 191 Å². The minimum absolute atomic E-state index is 0.157. The van der Waals surface area contributed by atoms with Crippen LogP contribution in [0.1, 0.15) is 42.2 Å². The maximum Gasteiger partial charge on any atom is 0.343 e. The number of carbonyl (C=O) groups excluding carboxylic acids is 2. The fourth-order valence-corrected chi connectivity index (χ4v) is 5.85. The van der Waals surface area contributed by atoms with E-state index < -0.39 is 17.9 Å². The van der Waals surface area contributed by atoms with Crippen LogP contribution in [0.2, 0.25) is 0 Å². The molecule has 0 fully saturated rings. The number of hydrogen-bond acceptors (Lipinski definition) is 10. The number of aryl methyl sites for hydroxylation is 2. The van der Waals surface area contributed by atoms with E-state index in [1.807, 2.05) is 0 Å². The Morgan fingerprint density at radius 2 is 0.793 bits per heavy atom. The van der Waals surface area contributed by atoms with Gasteiger partial charge in [0.25, 0.3) is 0 Å². The van der Waals surface area contributed by atoms with Gasteiger partial charge in [0, 0.05) is 0 Å². The highest BCUT2D eigenvalue weighted by molar-refractivity contribution is 5.98. The number of aromatic carboxylic acids is 1. The molecule has 0 unspecified atom stereocenters. The largest absolute Gasteiger partial charge is 0.508 e. The van der Waals surface area contributed by atoms with Gasteiger partial charge in [-0.1, -0.05) is 36.4 Å². The normalized spacial score (nSPS) is 10.5. The smallest absolute Gasteiger partial charge is 0.343 e. The number of hydrogen-bond donors (Lipinski definition) is 6. The Hall–Kier alpha value is -8.05. The number of phenolic OH excluding ortho intramolecular Hbond substituents is 5. The molecule has 0 spiro atoms. The van der Waals surface area contributed by atoms with Gasteiger partial charge in [-0.3, -0.25) is 0 Å². The lowest BCUT2D eigenvalue weighted by molar-refractivity contribution is 0.0693. The van der Waals surface area contributed by atoms with Crippen molar-refractivity contribution in [2.45, 2.75) is 13.8 Å². The van der Waals surface area contributed by atoms with Crippen molar-refractivity contribution in [1.82, 2.24) is 0 Å². The summed E-state index contributed by atoms with van der Waals surface area (Å²) in [7, 11) is 0. The standard InChI is InChI=1S/C29H20O6.C11H8O3.C7H8O2/c1-17-12-26(34-28(32)22-4-2-20-15-24(30)8-6-18(20)13-22)10-11-27(17)35-29(33)23-5-3-21-16-25(31)9-7-19(21)14-23;12-10-4-3-7-5-9(11(13)14)2-1-8(7)6-10;1-5-4-6(8)2-3-7(5)9/h2-16,30-31H,1H3;1-6,12H,(H,13,14);2-4,8-9H,1H3. The highest BCUT2D eigenvalue weighted by Crippen LogP contribution is 2.28. The Morgan fingerprint density at radius 3 is 1.24 bits per heavy atom. The summed E-state index contributed by atoms with van der Waals surface area (Å²) in [6, 6.07) is 38.8. The lowest BCUT2D eigenvalue weighted by Gasteiger charge is -2.11. The molecule has 0 atom stereocenters. The van der Waals surface area contributed by atoms with Gasteiger partial charge in [-0.25, -0.2) is 14.4 Å². The first-order chi connectivity index (χ1) is 27.7. The number of fused-ring (bicyclic) bond motifs is 3. The van der Waals surface area contributed by atoms with E-state index in [1.54, 1.807) is 129 Å². The summed E-state index contributed by atoms with van der Waals surface area (Å²) in [5.41, 5.74) is 2.32. The number of esters is 2. The molecule has 11 nitrogen and oxygen atoms in total. The zero-order chi connectivity index (χ0) is 41.5. The fourth-order valence-electron chi connectivity index (χ4n) is 5.85. The zero-order valence-corrected chi connectivity index (χ0v) is 31.1. The molecule has 8 aromatic rings. The number of benzene rings is 8. The van der Waals surface area contributed by atoms with Gasteiger partial charge < -0.3 is 40.1 Å². The summed E-state index contributed by atoms with van der Waals surface area (Å²) in [5.74, 6) is -0.412.